The van der Waals surface area contributed by atoms with Gasteiger partial charge in [0.2, 0.25) is 5.89 Å². The van der Waals surface area contributed by atoms with Gasteiger partial charge in [0.05, 0.1) is 6.04 Å². The number of rotatable bonds is 5. The van der Waals surface area contributed by atoms with Crippen LogP contribution in [0.2, 0.25) is 0 Å². The molecule has 0 bridgehead atoms. The molecule has 102 valence electrons. The van der Waals surface area contributed by atoms with Crippen LogP contribution in [-0.4, -0.2) is 28.1 Å². The first-order valence-corrected chi connectivity index (χ1v) is 7.27. The predicted octanol–water partition coefficient (Wildman–Crippen LogP) is 3.21. The van der Waals surface area contributed by atoms with Gasteiger partial charge in [-0.3, -0.25) is 4.90 Å². The number of aryl methyl sites for hydroxylation is 1. The van der Waals surface area contributed by atoms with Gasteiger partial charge in [0.25, 0.3) is 0 Å². The van der Waals surface area contributed by atoms with E-state index in [-0.39, 0.29) is 6.04 Å². The van der Waals surface area contributed by atoms with Gasteiger partial charge in [0.1, 0.15) is 0 Å². The fraction of sp³-hybridized carbons (Fsp3) is 0.857. The molecule has 0 aliphatic carbocycles. The number of nitrogens with zero attached hydrogens (tertiary/aromatic N) is 3. The van der Waals surface area contributed by atoms with Gasteiger partial charge in [-0.05, 0) is 45.2 Å². The molecular formula is C14H25N3O. The molecule has 18 heavy (non-hydrogen) atoms. The van der Waals surface area contributed by atoms with Gasteiger partial charge in [-0.15, -0.1) is 0 Å². The van der Waals surface area contributed by atoms with Crippen molar-refractivity contribution < 1.29 is 4.52 Å². The smallest absolute Gasteiger partial charge is 0.243 e. The van der Waals surface area contributed by atoms with E-state index in [4.69, 9.17) is 4.52 Å². The Balaban J connectivity index is 1.91. The summed E-state index contributed by atoms with van der Waals surface area (Å²) in [6, 6.07) is 0.264. The van der Waals surface area contributed by atoms with Gasteiger partial charge >= 0.3 is 0 Å². The molecule has 0 saturated carbocycles. The lowest BCUT2D eigenvalue weighted by Crippen LogP contribution is -2.35. The molecule has 0 spiro atoms. The maximum Gasteiger partial charge on any atom is 0.243 e. The van der Waals surface area contributed by atoms with Gasteiger partial charge in [0, 0.05) is 6.42 Å². The van der Waals surface area contributed by atoms with E-state index in [0.29, 0.717) is 0 Å². The Morgan fingerprint density at radius 1 is 1.39 bits per heavy atom. The summed E-state index contributed by atoms with van der Waals surface area (Å²) in [7, 11) is 0. The highest BCUT2D eigenvalue weighted by molar-refractivity contribution is 4.93. The number of aromatic nitrogens is 2. The molecule has 1 aliphatic rings. The molecule has 0 amide bonds. The Morgan fingerprint density at radius 2 is 2.11 bits per heavy atom. The molecule has 2 rings (SSSR count). The summed E-state index contributed by atoms with van der Waals surface area (Å²) in [5.41, 5.74) is 0. The molecule has 2 heterocycles. The molecule has 1 aromatic heterocycles. The van der Waals surface area contributed by atoms with Crippen LogP contribution >= 0.6 is 0 Å². The third kappa shape index (κ3) is 3.31. The second-order valence-electron chi connectivity index (χ2n) is 5.55. The molecule has 1 fully saturated rings. The van der Waals surface area contributed by atoms with Crippen LogP contribution in [0.1, 0.15) is 64.2 Å². The zero-order valence-electron chi connectivity index (χ0n) is 11.9. The van der Waals surface area contributed by atoms with E-state index in [9.17, 15) is 0 Å². The summed E-state index contributed by atoms with van der Waals surface area (Å²) < 4.78 is 5.40. The predicted molar refractivity (Wildman–Crippen MR) is 71.3 cm³/mol. The highest BCUT2D eigenvalue weighted by Crippen LogP contribution is 2.25. The second-order valence-corrected chi connectivity index (χ2v) is 5.55. The number of piperidine rings is 1. The fourth-order valence-corrected chi connectivity index (χ4v) is 2.45. The first-order chi connectivity index (χ1) is 8.70. The third-order valence-electron chi connectivity index (χ3n) is 3.96. The lowest BCUT2D eigenvalue weighted by atomic mass is 9.98. The largest absolute Gasteiger partial charge is 0.338 e. The van der Waals surface area contributed by atoms with E-state index in [2.05, 4.69) is 35.8 Å². The maximum atomic E-state index is 5.40. The number of likely N-dealkylation sites (tertiary alicyclic amines) is 1. The number of unbranched alkanes of at least 4 members (excludes halogenated alkanes) is 1. The standard InChI is InChI=1S/C14H25N3O/c1-4-5-6-13-15-14(18-16-13)12(3)17-9-7-11(2)8-10-17/h11-12H,4-10H2,1-3H3. The van der Waals surface area contributed by atoms with Crippen LogP contribution in [0.4, 0.5) is 0 Å². The zero-order valence-corrected chi connectivity index (χ0v) is 11.9. The molecular weight excluding hydrogens is 226 g/mol. The fourth-order valence-electron chi connectivity index (χ4n) is 2.45. The average molecular weight is 251 g/mol. The maximum absolute atomic E-state index is 5.40. The molecule has 4 heteroatoms. The normalized spacial score (nSPS) is 20.2. The summed E-state index contributed by atoms with van der Waals surface area (Å²) in [4.78, 5) is 6.98. The molecule has 1 aliphatic heterocycles. The topological polar surface area (TPSA) is 42.2 Å². The Morgan fingerprint density at radius 3 is 2.78 bits per heavy atom. The van der Waals surface area contributed by atoms with E-state index in [1.54, 1.807) is 0 Å². The van der Waals surface area contributed by atoms with Crippen molar-refractivity contribution in [3.63, 3.8) is 0 Å². The second kappa shape index (κ2) is 6.32. The van der Waals surface area contributed by atoms with E-state index >= 15 is 0 Å². The molecule has 0 N–H and O–H groups in total. The van der Waals surface area contributed by atoms with Crippen LogP contribution in [0.15, 0.2) is 4.52 Å². The molecule has 1 unspecified atom stereocenters. The quantitative estimate of drug-likeness (QED) is 0.806. The van der Waals surface area contributed by atoms with Gasteiger partial charge in [-0.2, -0.15) is 4.98 Å². The van der Waals surface area contributed by atoms with Crippen LogP contribution in [0.3, 0.4) is 0 Å². The lowest BCUT2D eigenvalue weighted by molar-refractivity contribution is 0.124. The van der Waals surface area contributed by atoms with E-state index < -0.39 is 0 Å². The Bertz CT molecular complexity index is 356. The molecule has 4 nitrogen and oxygen atoms in total. The molecule has 1 aromatic rings. The van der Waals surface area contributed by atoms with Crippen molar-refractivity contribution in [1.82, 2.24) is 15.0 Å². The van der Waals surface area contributed by atoms with Crippen molar-refractivity contribution in [2.24, 2.45) is 5.92 Å². The van der Waals surface area contributed by atoms with Crippen LogP contribution in [-0.2, 0) is 6.42 Å². The van der Waals surface area contributed by atoms with Crippen molar-refractivity contribution in [2.45, 2.75) is 58.9 Å². The van der Waals surface area contributed by atoms with Crippen LogP contribution in [0.25, 0.3) is 0 Å². The Hall–Kier alpha value is -0.900. The van der Waals surface area contributed by atoms with Gasteiger partial charge < -0.3 is 4.52 Å². The summed E-state index contributed by atoms with van der Waals surface area (Å²) in [6.07, 6.45) is 5.80. The molecule has 0 aromatic carbocycles. The van der Waals surface area contributed by atoms with Crippen molar-refractivity contribution >= 4 is 0 Å². The Kier molecular flexibility index (Phi) is 4.75. The zero-order chi connectivity index (χ0) is 13.0. The van der Waals surface area contributed by atoms with Crippen molar-refractivity contribution in [3.8, 4) is 0 Å². The van der Waals surface area contributed by atoms with Gasteiger partial charge in [-0.1, -0.05) is 25.4 Å². The van der Waals surface area contributed by atoms with Crippen LogP contribution < -0.4 is 0 Å². The highest BCUT2D eigenvalue weighted by Gasteiger charge is 2.25. The first-order valence-electron chi connectivity index (χ1n) is 7.27. The summed E-state index contributed by atoms with van der Waals surface area (Å²) in [6.45, 7) is 8.98. The van der Waals surface area contributed by atoms with E-state index in [1.165, 1.54) is 19.3 Å². The minimum absolute atomic E-state index is 0.264. The SMILES string of the molecule is CCCCc1noc(C(C)N2CCC(C)CC2)n1. The van der Waals surface area contributed by atoms with Crippen LogP contribution in [0, 0.1) is 5.92 Å². The van der Waals surface area contributed by atoms with Crippen molar-refractivity contribution in [2.75, 3.05) is 13.1 Å². The summed E-state index contributed by atoms with van der Waals surface area (Å²) in [5.74, 6) is 2.51. The number of hydrogen-bond acceptors (Lipinski definition) is 4. The average Bonchev–Trinajstić information content (AvgIpc) is 2.85. The first kappa shape index (κ1) is 13.5. The summed E-state index contributed by atoms with van der Waals surface area (Å²) >= 11 is 0. The van der Waals surface area contributed by atoms with Gasteiger partial charge in [-0.25, -0.2) is 0 Å². The molecule has 1 saturated heterocycles. The van der Waals surface area contributed by atoms with Crippen LogP contribution in [0.5, 0.6) is 0 Å². The number of hydrogen-bond donors (Lipinski definition) is 0. The van der Waals surface area contributed by atoms with E-state index in [1.807, 2.05) is 0 Å². The van der Waals surface area contributed by atoms with E-state index in [0.717, 1.165) is 43.6 Å². The van der Waals surface area contributed by atoms with Gasteiger partial charge in [0.15, 0.2) is 5.82 Å². The summed E-state index contributed by atoms with van der Waals surface area (Å²) in [5, 5.41) is 4.07. The van der Waals surface area contributed by atoms with Crippen molar-refractivity contribution in [3.05, 3.63) is 11.7 Å². The minimum Gasteiger partial charge on any atom is -0.338 e. The third-order valence-corrected chi connectivity index (χ3v) is 3.96. The minimum atomic E-state index is 0.264. The molecule has 1 atom stereocenters. The lowest BCUT2D eigenvalue weighted by Gasteiger charge is -2.33. The molecule has 0 radical (unpaired) electrons. The Labute approximate surface area is 110 Å². The monoisotopic (exact) mass is 251 g/mol. The highest BCUT2D eigenvalue weighted by atomic mass is 16.5. The van der Waals surface area contributed by atoms with Crippen molar-refractivity contribution in [1.29, 1.82) is 0 Å².